The van der Waals surface area contributed by atoms with Gasteiger partial charge in [0.15, 0.2) is 5.82 Å². The third kappa shape index (κ3) is 1.83. The molecule has 0 radical (unpaired) electrons. The minimum atomic E-state index is -0.639. The van der Waals surface area contributed by atoms with Crippen molar-refractivity contribution in [3.63, 3.8) is 0 Å². The third-order valence-electron chi connectivity index (χ3n) is 6.18. The van der Waals surface area contributed by atoms with Crippen LogP contribution >= 0.6 is 15.9 Å². The lowest BCUT2D eigenvalue weighted by Gasteiger charge is -2.54. The van der Waals surface area contributed by atoms with Crippen molar-refractivity contribution < 1.29 is 9.90 Å². The van der Waals surface area contributed by atoms with Gasteiger partial charge in [-0.05, 0) is 54.0 Å². The number of nitrogens with zero attached hydrogens (tertiary/aromatic N) is 3. The molecule has 0 spiro atoms. The number of aliphatic carboxylic acids is 1. The van der Waals surface area contributed by atoms with Crippen molar-refractivity contribution in [2.75, 3.05) is 5.73 Å². The molecule has 0 amide bonds. The van der Waals surface area contributed by atoms with E-state index in [1.807, 2.05) is 10.6 Å². The van der Waals surface area contributed by atoms with Crippen LogP contribution in [0.3, 0.4) is 0 Å². The van der Waals surface area contributed by atoms with Gasteiger partial charge in [-0.1, -0.05) is 6.92 Å². The zero-order valence-corrected chi connectivity index (χ0v) is 14.5. The van der Waals surface area contributed by atoms with E-state index in [1.54, 1.807) is 6.20 Å². The smallest absolute Gasteiger partial charge is 0.309 e. The first-order valence-electron chi connectivity index (χ1n) is 7.92. The summed E-state index contributed by atoms with van der Waals surface area (Å²) in [7, 11) is 0. The zero-order valence-electron chi connectivity index (χ0n) is 12.9. The topological polar surface area (TPSA) is 93.5 Å². The predicted molar refractivity (Wildman–Crippen MR) is 89.1 cm³/mol. The second-order valence-corrected chi connectivity index (χ2v) is 7.86. The lowest BCUT2D eigenvalue weighted by molar-refractivity contribution is -0.159. The number of nitrogen functional groups attached to an aromatic ring is 1. The number of halogens is 1. The molecule has 2 aromatic rings. The number of anilines is 1. The average Bonchev–Trinajstić information content (AvgIpc) is 2.87. The Kier molecular flexibility index (Phi) is 3.04. The van der Waals surface area contributed by atoms with Crippen molar-refractivity contribution in [3.8, 4) is 0 Å². The molecule has 0 aromatic carbocycles. The fourth-order valence-corrected chi connectivity index (χ4v) is 5.33. The number of aromatic nitrogens is 3. The number of hydrogen-bond acceptors (Lipinski definition) is 4. The molecule has 3 N–H and O–H groups in total. The highest BCUT2D eigenvalue weighted by molar-refractivity contribution is 9.10. The lowest BCUT2D eigenvalue weighted by Crippen LogP contribution is -2.53. The molecule has 1 unspecified atom stereocenters. The van der Waals surface area contributed by atoms with Crippen molar-refractivity contribution in [3.05, 3.63) is 22.8 Å². The second-order valence-electron chi connectivity index (χ2n) is 7.10. The van der Waals surface area contributed by atoms with Gasteiger partial charge in [0.05, 0.1) is 5.41 Å². The number of hydrogen-bond donors (Lipinski definition) is 2. The van der Waals surface area contributed by atoms with Gasteiger partial charge in [-0.25, -0.2) is 9.97 Å². The Morgan fingerprint density at radius 1 is 1.43 bits per heavy atom. The molecule has 122 valence electrons. The van der Waals surface area contributed by atoms with Crippen LogP contribution in [0.25, 0.3) is 5.52 Å². The Bertz CT molecular complexity index is 808. The first-order valence-corrected chi connectivity index (χ1v) is 8.71. The summed E-state index contributed by atoms with van der Waals surface area (Å²) in [5, 5.41) is 9.64. The summed E-state index contributed by atoms with van der Waals surface area (Å²) in [6.45, 7) is 2.16. The number of rotatable bonds is 2. The van der Waals surface area contributed by atoms with Gasteiger partial charge in [0, 0.05) is 17.8 Å². The summed E-state index contributed by atoms with van der Waals surface area (Å²) in [6.07, 6.45) is 7.46. The van der Waals surface area contributed by atoms with E-state index in [4.69, 9.17) is 10.7 Å². The number of carbonyl (C=O) groups is 1. The molecule has 2 heterocycles. The van der Waals surface area contributed by atoms with Crippen LogP contribution < -0.4 is 5.73 Å². The molecule has 6 nitrogen and oxygen atoms in total. The van der Waals surface area contributed by atoms with Gasteiger partial charge in [0.1, 0.15) is 15.9 Å². The Morgan fingerprint density at radius 3 is 2.74 bits per heavy atom. The van der Waals surface area contributed by atoms with Crippen LogP contribution in [0.15, 0.2) is 17.0 Å². The van der Waals surface area contributed by atoms with Crippen LogP contribution in [0, 0.1) is 11.3 Å². The standard InChI is InChI=1S/C16H19BrN4O2/c1-9-8-15(14(22)23)2-4-16(9,5-3-15)13-20-11(17)10-12(18)19-6-7-21(10)13/h6-7,9H,2-5,8H2,1H3,(H2,18,19)(H,22,23). The van der Waals surface area contributed by atoms with E-state index in [-0.39, 0.29) is 11.3 Å². The van der Waals surface area contributed by atoms with Gasteiger partial charge in [-0.2, -0.15) is 0 Å². The highest BCUT2D eigenvalue weighted by Gasteiger charge is 2.58. The van der Waals surface area contributed by atoms with Gasteiger partial charge in [-0.3, -0.25) is 9.20 Å². The molecule has 23 heavy (non-hydrogen) atoms. The first-order chi connectivity index (χ1) is 10.9. The maximum absolute atomic E-state index is 11.7. The number of nitrogens with two attached hydrogens (primary N) is 1. The Balaban J connectivity index is 1.86. The Morgan fingerprint density at radius 2 is 2.13 bits per heavy atom. The predicted octanol–water partition coefficient (Wildman–Crippen LogP) is 3.00. The molecule has 0 saturated heterocycles. The van der Waals surface area contributed by atoms with Gasteiger partial charge < -0.3 is 10.8 Å². The van der Waals surface area contributed by atoms with Gasteiger partial charge in [-0.15, -0.1) is 0 Å². The Labute approximate surface area is 142 Å². The highest BCUT2D eigenvalue weighted by Crippen LogP contribution is 2.60. The summed E-state index contributed by atoms with van der Waals surface area (Å²) in [5.41, 5.74) is 6.19. The number of carboxylic acids is 1. The van der Waals surface area contributed by atoms with Crippen LogP contribution in [0.5, 0.6) is 0 Å². The van der Waals surface area contributed by atoms with Crippen LogP contribution in [0.2, 0.25) is 0 Å². The molecule has 2 bridgehead atoms. The van der Waals surface area contributed by atoms with Crippen molar-refractivity contribution in [1.82, 2.24) is 14.4 Å². The molecule has 3 aliphatic carbocycles. The molecule has 1 atom stereocenters. The fraction of sp³-hybridized carbons (Fsp3) is 0.562. The third-order valence-corrected chi connectivity index (χ3v) is 6.73. The summed E-state index contributed by atoms with van der Waals surface area (Å²) in [6, 6.07) is 0. The molecule has 3 saturated carbocycles. The van der Waals surface area contributed by atoms with Crippen LogP contribution in [-0.2, 0) is 10.2 Å². The van der Waals surface area contributed by atoms with E-state index < -0.39 is 11.4 Å². The largest absolute Gasteiger partial charge is 0.481 e. The lowest BCUT2D eigenvalue weighted by atomic mass is 9.49. The van der Waals surface area contributed by atoms with E-state index in [2.05, 4.69) is 27.8 Å². The number of imidazole rings is 1. The van der Waals surface area contributed by atoms with Crippen LogP contribution in [0.4, 0.5) is 5.82 Å². The molecule has 0 aliphatic heterocycles. The molecular formula is C16H19BrN4O2. The maximum Gasteiger partial charge on any atom is 0.309 e. The minimum absolute atomic E-state index is 0.0834. The Hall–Kier alpha value is -1.63. The maximum atomic E-state index is 11.7. The zero-order chi connectivity index (χ0) is 16.4. The van der Waals surface area contributed by atoms with E-state index in [9.17, 15) is 9.90 Å². The molecular weight excluding hydrogens is 360 g/mol. The second kappa shape index (κ2) is 4.69. The van der Waals surface area contributed by atoms with Crippen molar-refractivity contribution in [1.29, 1.82) is 0 Å². The summed E-state index contributed by atoms with van der Waals surface area (Å²) < 4.78 is 2.74. The van der Waals surface area contributed by atoms with Gasteiger partial charge >= 0.3 is 5.97 Å². The molecule has 5 rings (SSSR count). The summed E-state index contributed by atoms with van der Waals surface area (Å²) in [4.78, 5) is 20.6. The van der Waals surface area contributed by atoms with E-state index in [1.165, 1.54) is 0 Å². The monoisotopic (exact) mass is 378 g/mol. The van der Waals surface area contributed by atoms with E-state index >= 15 is 0 Å². The SMILES string of the molecule is CC1CC2(C(=O)O)CCC1(c1nc(Br)c3c(N)nccn13)CC2. The number of fused-ring (bicyclic) bond motifs is 4. The van der Waals surface area contributed by atoms with Crippen LogP contribution in [-0.4, -0.2) is 25.4 Å². The fourth-order valence-electron chi connectivity index (χ4n) is 4.77. The number of carboxylic acid groups (broad SMARTS) is 1. The minimum Gasteiger partial charge on any atom is -0.481 e. The normalized spacial score (nSPS) is 33.2. The van der Waals surface area contributed by atoms with Crippen LogP contribution in [0.1, 0.15) is 44.9 Å². The first kappa shape index (κ1) is 14.9. The highest BCUT2D eigenvalue weighted by atomic mass is 79.9. The summed E-state index contributed by atoms with van der Waals surface area (Å²) in [5.74, 6) is 1.07. The van der Waals surface area contributed by atoms with Crippen molar-refractivity contribution in [2.45, 2.75) is 44.4 Å². The molecule has 2 aromatic heterocycles. The molecule has 7 heteroatoms. The van der Waals surface area contributed by atoms with E-state index in [0.717, 1.165) is 43.4 Å². The quantitative estimate of drug-likeness (QED) is 0.837. The summed E-state index contributed by atoms with van der Waals surface area (Å²) >= 11 is 3.51. The van der Waals surface area contributed by atoms with Gasteiger partial charge in [0.2, 0.25) is 0 Å². The molecule has 3 fully saturated rings. The van der Waals surface area contributed by atoms with E-state index in [0.29, 0.717) is 10.4 Å². The van der Waals surface area contributed by atoms with Crippen molar-refractivity contribution >= 4 is 33.2 Å². The molecule has 3 aliphatic rings. The van der Waals surface area contributed by atoms with Crippen molar-refractivity contribution in [2.24, 2.45) is 11.3 Å². The van der Waals surface area contributed by atoms with Gasteiger partial charge in [0.25, 0.3) is 0 Å². The average molecular weight is 379 g/mol.